The number of pyridine rings is 2. The molecular formula is C25H20N4O. The van der Waals surface area contributed by atoms with E-state index in [1.54, 1.807) is 6.20 Å². The highest BCUT2D eigenvalue weighted by Gasteiger charge is 2.11. The van der Waals surface area contributed by atoms with Gasteiger partial charge in [0.25, 0.3) is 0 Å². The molecule has 0 saturated heterocycles. The Morgan fingerprint density at radius 3 is 2.40 bits per heavy atom. The van der Waals surface area contributed by atoms with Crippen LogP contribution in [0.25, 0.3) is 45.1 Å². The lowest BCUT2D eigenvalue weighted by atomic mass is 10.1. The Bertz CT molecular complexity index is 1310. The summed E-state index contributed by atoms with van der Waals surface area (Å²) in [6.45, 7) is 0. The fraction of sp³-hybridized carbons (Fsp3) is 0.0800. The summed E-state index contributed by atoms with van der Waals surface area (Å²) < 4.78 is 5.95. The molecule has 0 unspecified atom stereocenters. The minimum atomic E-state index is 0.525. The molecule has 5 rings (SSSR count). The van der Waals surface area contributed by atoms with Crippen molar-refractivity contribution in [2.24, 2.45) is 0 Å². The molecule has 5 heteroatoms. The Hall–Kier alpha value is -3.99. The van der Waals surface area contributed by atoms with E-state index in [9.17, 15) is 0 Å². The molecule has 0 spiro atoms. The minimum absolute atomic E-state index is 0.525. The monoisotopic (exact) mass is 392 g/mol. The zero-order valence-corrected chi connectivity index (χ0v) is 16.8. The molecule has 30 heavy (non-hydrogen) atoms. The van der Waals surface area contributed by atoms with Gasteiger partial charge in [-0.3, -0.25) is 9.97 Å². The van der Waals surface area contributed by atoms with Crippen LogP contribution in [0.5, 0.6) is 0 Å². The van der Waals surface area contributed by atoms with Crippen LogP contribution in [-0.4, -0.2) is 29.0 Å². The van der Waals surface area contributed by atoms with E-state index in [4.69, 9.17) is 4.42 Å². The van der Waals surface area contributed by atoms with Gasteiger partial charge in [0.05, 0.1) is 5.69 Å². The van der Waals surface area contributed by atoms with E-state index in [2.05, 4.69) is 50.2 Å². The molecule has 0 aliphatic rings. The van der Waals surface area contributed by atoms with Gasteiger partial charge < -0.3 is 9.32 Å². The Kier molecular flexibility index (Phi) is 4.48. The van der Waals surface area contributed by atoms with Gasteiger partial charge in [-0.05, 0) is 48.0 Å². The zero-order valence-electron chi connectivity index (χ0n) is 16.8. The first-order valence-corrected chi connectivity index (χ1v) is 9.73. The first-order chi connectivity index (χ1) is 14.7. The average molecular weight is 392 g/mol. The number of anilines is 1. The van der Waals surface area contributed by atoms with Crippen LogP contribution in [0.2, 0.25) is 0 Å². The number of nitrogens with zero attached hydrogens (tertiary/aromatic N) is 4. The highest BCUT2D eigenvalue weighted by atomic mass is 16.3. The van der Waals surface area contributed by atoms with Crippen molar-refractivity contribution >= 4 is 16.8 Å². The van der Waals surface area contributed by atoms with E-state index < -0.39 is 0 Å². The van der Waals surface area contributed by atoms with Crippen LogP contribution < -0.4 is 4.90 Å². The normalized spacial score (nSPS) is 11.0. The predicted molar refractivity (Wildman–Crippen MR) is 120 cm³/mol. The number of rotatable bonds is 4. The number of hydrogen-bond acceptors (Lipinski definition) is 5. The molecule has 0 atom stereocenters. The topological polar surface area (TPSA) is 55.1 Å². The summed E-state index contributed by atoms with van der Waals surface area (Å²) in [6.07, 6.45) is 3.63. The van der Waals surface area contributed by atoms with Crippen molar-refractivity contribution in [1.82, 2.24) is 15.0 Å². The SMILES string of the molecule is CN(C)c1cccc(-c2ccc(-c3ccc4nc(-c5ccccn5)oc4c3)cn2)c1. The van der Waals surface area contributed by atoms with Crippen molar-refractivity contribution in [3.63, 3.8) is 0 Å². The molecule has 0 N–H and O–H groups in total. The minimum Gasteiger partial charge on any atom is -0.435 e. The standard InChI is InChI=1S/C25H20N4O/c1-29(2)20-7-5-6-18(14-20)21-11-10-19(16-27-21)17-9-12-22-24(15-17)30-25(28-22)23-8-3-4-13-26-23/h3-16H,1-2H3. The van der Waals surface area contributed by atoms with Gasteiger partial charge in [-0.2, -0.15) is 0 Å². The summed E-state index contributed by atoms with van der Waals surface area (Å²) >= 11 is 0. The molecule has 0 saturated carbocycles. The van der Waals surface area contributed by atoms with Crippen LogP contribution in [-0.2, 0) is 0 Å². The van der Waals surface area contributed by atoms with Crippen molar-refractivity contribution in [1.29, 1.82) is 0 Å². The van der Waals surface area contributed by atoms with E-state index in [1.807, 2.05) is 62.8 Å². The number of aromatic nitrogens is 3. The maximum atomic E-state index is 5.95. The highest BCUT2D eigenvalue weighted by molar-refractivity contribution is 5.82. The third-order valence-electron chi connectivity index (χ3n) is 5.03. The van der Waals surface area contributed by atoms with Crippen molar-refractivity contribution in [2.75, 3.05) is 19.0 Å². The Morgan fingerprint density at radius 2 is 1.63 bits per heavy atom. The van der Waals surface area contributed by atoms with Crippen LogP contribution in [0, 0.1) is 0 Å². The quantitative estimate of drug-likeness (QED) is 0.393. The molecule has 0 aliphatic heterocycles. The number of oxazole rings is 1. The van der Waals surface area contributed by atoms with Crippen molar-refractivity contribution in [3.8, 4) is 34.0 Å². The molecule has 5 aromatic rings. The van der Waals surface area contributed by atoms with Gasteiger partial charge in [-0.1, -0.05) is 30.3 Å². The van der Waals surface area contributed by atoms with E-state index in [-0.39, 0.29) is 0 Å². The number of benzene rings is 2. The molecule has 0 aliphatic carbocycles. The smallest absolute Gasteiger partial charge is 0.246 e. The molecular weight excluding hydrogens is 372 g/mol. The maximum absolute atomic E-state index is 5.95. The largest absolute Gasteiger partial charge is 0.435 e. The van der Waals surface area contributed by atoms with Crippen LogP contribution in [0.4, 0.5) is 5.69 Å². The second kappa shape index (κ2) is 7.44. The number of hydrogen-bond donors (Lipinski definition) is 0. The van der Waals surface area contributed by atoms with Crippen LogP contribution in [0.15, 0.2) is 89.6 Å². The molecule has 0 radical (unpaired) electrons. The van der Waals surface area contributed by atoms with Gasteiger partial charge in [0.15, 0.2) is 5.58 Å². The lowest BCUT2D eigenvalue weighted by Gasteiger charge is -2.13. The van der Waals surface area contributed by atoms with Crippen LogP contribution >= 0.6 is 0 Å². The summed E-state index contributed by atoms with van der Waals surface area (Å²) in [4.78, 5) is 15.6. The zero-order chi connectivity index (χ0) is 20.5. The first kappa shape index (κ1) is 18.1. The lowest BCUT2D eigenvalue weighted by Crippen LogP contribution is -2.08. The summed E-state index contributed by atoms with van der Waals surface area (Å²) in [5.41, 5.74) is 7.52. The average Bonchev–Trinajstić information content (AvgIpc) is 3.23. The fourth-order valence-corrected chi connectivity index (χ4v) is 3.38. The summed E-state index contributed by atoms with van der Waals surface area (Å²) in [5, 5.41) is 0. The second-order valence-corrected chi connectivity index (χ2v) is 7.29. The Labute approximate surface area is 174 Å². The molecule has 3 aromatic heterocycles. The summed E-state index contributed by atoms with van der Waals surface area (Å²) in [6, 6.07) is 24.2. The van der Waals surface area contributed by atoms with E-state index >= 15 is 0 Å². The van der Waals surface area contributed by atoms with Crippen molar-refractivity contribution < 1.29 is 4.42 Å². The molecule has 3 heterocycles. The maximum Gasteiger partial charge on any atom is 0.246 e. The molecule has 5 nitrogen and oxygen atoms in total. The fourth-order valence-electron chi connectivity index (χ4n) is 3.38. The molecule has 0 bridgehead atoms. The molecule has 0 fully saturated rings. The number of fused-ring (bicyclic) bond motifs is 1. The van der Waals surface area contributed by atoms with Crippen molar-refractivity contribution in [2.45, 2.75) is 0 Å². The Balaban J connectivity index is 1.46. The lowest BCUT2D eigenvalue weighted by molar-refractivity contribution is 0.617. The van der Waals surface area contributed by atoms with Gasteiger partial charge in [-0.25, -0.2) is 4.98 Å². The summed E-state index contributed by atoms with van der Waals surface area (Å²) in [5.74, 6) is 0.525. The molecule has 0 amide bonds. The van der Waals surface area contributed by atoms with E-state index in [0.29, 0.717) is 5.89 Å². The van der Waals surface area contributed by atoms with Gasteiger partial charge in [0, 0.05) is 43.3 Å². The van der Waals surface area contributed by atoms with E-state index in [1.165, 1.54) is 0 Å². The van der Waals surface area contributed by atoms with Gasteiger partial charge in [-0.15, -0.1) is 0 Å². The Morgan fingerprint density at radius 1 is 0.733 bits per heavy atom. The third kappa shape index (κ3) is 3.42. The van der Waals surface area contributed by atoms with Crippen molar-refractivity contribution in [3.05, 3.63) is 85.2 Å². The molecule has 146 valence electrons. The van der Waals surface area contributed by atoms with Gasteiger partial charge in [0.1, 0.15) is 11.2 Å². The van der Waals surface area contributed by atoms with Crippen LogP contribution in [0.1, 0.15) is 0 Å². The van der Waals surface area contributed by atoms with Gasteiger partial charge >= 0.3 is 0 Å². The summed E-state index contributed by atoms with van der Waals surface area (Å²) in [7, 11) is 4.07. The van der Waals surface area contributed by atoms with E-state index in [0.717, 1.165) is 44.9 Å². The van der Waals surface area contributed by atoms with Crippen LogP contribution in [0.3, 0.4) is 0 Å². The molecule has 2 aromatic carbocycles. The third-order valence-corrected chi connectivity index (χ3v) is 5.03. The second-order valence-electron chi connectivity index (χ2n) is 7.29. The van der Waals surface area contributed by atoms with Gasteiger partial charge in [0.2, 0.25) is 5.89 Å². The predicted octanol–water partition coefficient (Wildman–Crippen LogP) is 5.68. The first-order valence-electron chi connectivity index (χ1n) is 9.73. The highest BCUT2D eigenvalue weighted by Crippen LogP contribution is 2.29.